The fourth-order valence-electron chi connectivity index (χ4n) is 3.54. The van der Waals surface area contributed by atoms with Crippen LogP contribution in [0.1, 0.15) is 50.0 Å². The van der Waals surface area contributed by atoms with E-state index in [1.165, 1.54) is 0 Å². The lowest BCUT2D eigenvalue weighted by Gasteiger charge is -2.27. The summed E-state index contributed by atoms with van der Waals surface area (Å²) in [5.74, 6) is 0.984. The highest BCUT2D eigenvalue weighted by atomic mass is 32.1. The monoisotopic (exact) mass is 426 g/mol. The van der Waals surface area contributed by atoms with Crippen LogP contribution < -0.4 is 15.4 Å². The molecule has 0 unspecified atom stereocenters. The number of pyridine rings is 1. The molecule has 1 aliphatic rings. The van der Waals surface area contributed by atoms with Gasteiger partial charge in [-0.2, -0.15) is 0 Å². The molecule has 7 nitrogen and oxygen atoms in total. The molecule has 1 saturated carbocycles. The van der Waals surface area contributed by atoms with E-state index in [0.717, 1.165) is 41.0 Å². The number of rotatable bonds is 6. The van der Waals surface area contributed by atoms with E-state index in [4.69, 9.17) is 4.74 Å². The van der Waals surface area contributed by atoms with E-state index in [-0.39, 0.29) is 24.1 Å². The molecule has 1 aliphatic carbocycles. The summed E-state index contributed by atoms with van der Waals surface area (Å²) in [6.07, 6.45) is 5.24. The van der Waals surface area contributed by atoms with Gasteiger partial charge in [0.1, 0.15) is 17.2 Å². The van der Waals surface area contributed by atoms with Gasteiger partial charge in [0, 0.05) is 24.4 Å². The van der Waals surface area contributed by atoms with Crippen LogP contribution >= 0.6 is 11.3 Å². The van der Waals surface area contributed by atoms with Crippen molar-refractivity contribution in [3.8, 4) is 11.5 Å². The maximum atomic E-state index is 12.2. The smallest absolute Gasteiger partial charge is 0.270 e. The number of aromatic nitrogens is 2. The number of hydrogen-bond acceptors (Lipinski definition) is 7. The topological polar surface area (TPSA) is 96.4 Å². The van der Waals surface area contributed by atoms with E-state index >= 15 is 0 Å². The van der Waals surface area contributed by atoms with Gasteiger partial charge in [0.05, 0.1) is 22.4 Å². The molecule has 2 aromatic heterocycles. The molecule has 0 spiro atoms. The Kier molecular flexibility index (Phi) is 6.15. The molecule has 3 aromatic rings. The zero-order valence-electron chi connectivity index (χ0n) is 17.1. The summed E-state index contributed by atoms with van der Waals surface area (Å²) in [6, 6.07) is 9.15. The second-order valence-corrected chi connectivity index (χ2v) is 8.89. The van der Waals surface area contributed by atoms with E-state index in [1.54, 1.807) is 29.7 Å². The van der Waals surface area contributed by atoms with Crippen LogP contribution in [-0.4, -0.2) is 39.2 Å². The Morgan fingerprint density at radius 3 is 2.80 bits per heavy atom. The first-order valence-electron chi connectivity index (χ1n) is 10.3. The fraction of sp³-hybridized carbons (Fsp3) is 0.409. The average Bonchev–Trinajstić information content (AvgIpc) is 3.11. The Morgan fingerprint density at radius 2 is 2.00 bits per heavy atom. The predicted molar refractivity (Wildman–Crippen MR) is 118 cm³/mol. The van der Waals surface area contributed by atoms with Crippen molar-refractivity contribution in [2.24, 2.45) is 0 Å². The highest BCUT2D eigenvalue weighted by Gasteiger charge is 2.23. The molecule has 30 heavy (non-hydrogen) atoms. The van der Waals surface area contributed by atoms with Gasteiger partial charge in [-0.3, -0.25) is 9.78 Å². The molecular formula is C22H26N4O3S. The zero-order chi connectivity index (χ0) is 21.1. The second kappa shape index (κ2) is 8.97. The molecule has 0 bridgehead atoms. The van der Waals surface area contributed by atoms with Crippen LogP contribution in [-0.2, 0) is 0 Å². The number of carbonyl (C=O) groups is 1. The Labute approximate surface area is 179 Å². The lowest BCUT2D eigenvalue weighted by Crippen LogP contribution is -2.36. The Morgan fingerprint density at radius 1 is 1.20 bits per heavy atom. The van der Waals surface area contributed by atoms with E-state index in [1.807, 2.05) is 32.0 Å². The van der Waals surface area contributed by atoms with Crippen LogP contribution in [0.2, 0.25) is 0 Å². The SMILES string of the molecule is CC(C)NC(=O)c1cc(Oc2ccc3nc(N[C@@H]4CCCC[C@H]4O)sc3c2)ccn1. The van der Waals surface area contributed by atoms with Gasteiger partial charge in [0.2, 0.25) is 0 Å². The molecule has 1 aromatic carbocycles. The summed E-state index contributed by atoms with van der Waals surface area (Å²) in [4.78, 5) is 20.9. The van der Waals surface area contributed by atoms with Gasteiger partial charge in [0.15, 0.2) is 5.13 Å². The second-order valence-electron chi connectivity index (χ2n) is 7.86. The van der Waals surface area contributed by atoms with Gasteiger partial charge in [0.25, 0.3) is 5.91 Å². The first-order valence-corrected chi connectivity index (χ1v) is 11.1. The molecule has 2 atom stereocenters. The third kappa shape index (κ3) is 4.88. The number of nitrogens with one attached hydrogen (secondary N) is 2. The van der Waals surface area contributed by atoms with Crippen molar-refractivity contribution in [3.05, 3.63) is 42.2 Å². The maximum Gasteiger partial charge on any atom is 0.270 e. The molecule has 3 N–H and O–H groups in total. The molecule has 0 saturated heterocycles. The van der Waals surface area contributed by atoms with Crippen molar-refractivity contribution in [1.82, 2.24) is 15.3 Å². The Balaban J connectivity index is 1.48. The van der Waals surface area contributed by atoms with E-state index in [9.17, 15) is 9.90 Å². The van der Waals surface area contributed by atoms with Gasteiger partial charge in [-0.05, 0) is 44.9 Å². The lowest BCUT2D eigenvalue weighted by atomic mass is 9.93. The third-order valence-electron chi connectivity index (χ3n) is 5.02. The molecule has 4 rings (SSSR count). The van der Waals surface area contributed by atoms with Gasteiger partial charge >= 0.3 is 0 Å². The van der Waals surface area contributed by atoms with Crippen molar-refractivity contribution in [2.75, 3.05) is 5.32 Å². The summed E-state index contributed by atoms with van der Waals surface area (Å²) in [7, 11) is 0. The van der Waals surface area contributed by atoms with Gasteiger partial charge in [-0.15, -0.1) is 0 Å². The van der Waals surface area contributed by atoms with Gasteiger partial charge in [-0.1, -0.05) is 24.2 Å². The van der Waals surface area contributed by atoms with Gasteiger partial charge in [-0.25, -0.2) is 4.98 Å². The van der Waals surface area contributed by atoms with E-state index in [0.29, 0.717) is 17.2 Å². The lowest BCUT2D eigenvalue weighted by molar-refractivity contribution is 0.0937. The normalized spacial score (nSPS) is 19.1. The van der Waals surface area contributed by atoms with Crippen LogP contribution in [0.4, 0.5) is 5.13 Å². The van der Waals surface area contributed by atoms with Crippen LogP contribution in [0.25, 0.3) is 10.2 Å². The van der Waals surface area contributed by atoms with E-state index in [2.05, 4.69) is 20.6 Å². The standard InChI is InChI=1S/C22H26N4O3S/c1-13(2)24-21(28)18-11-15(9-10-23-18)29-14-7-8-17-20(12-14)30-22(26-17)25-16-5-3-4-6-19(16)27/h7-13,16,19,27H,3-6H2,1-2H3,(H,24,28)(H,25,26)/t16-,19-/m1/s1. The molecule has 0 aliphatic heterocycles. The number of anilines is 1. The number of amides is 1. The van der Waals surface area contributed by atoms with Crippen molar-refractivity contribution in [2.45, 2.75) is 57.7 Å². The number of benzene rings is 1. The number of aliphatic hydroxyl groups is 1. The first kappa shape index (κ1) is 20.6. The Bertz CT molecular complexity index is 1040. The molecule has 1 amide bonds. The molecule has 158 valence electrons. The predicted octanol–water partition coefficient (Wildman–Crippen LogP) is 4.34. The van der Waals surface area contributed by atoms with Crippen molar-refractivity contribution in [3.63, 3.8) is 0 Å². The van der Waals surface area contributed by atoms with Crippen LogP contribution in [0.3, 0.4) is 0 Å². The largest absolute Gasteiger partial charge is 0.457 e. The third-order valence-corrected chi connectivity index (χ3v) is 5.97. The minimum Gasteiger partial charge on any atom is -0.457 e. The molecule has 8 heteroatoms. The number of aliphatic hydroxyl groups excluding tert-OH is 1. The fourth-order valence-corrected chi connectivity index (χ4v) is 4.50. The van der Waals surface area contributed by atoms with Crippen LogP contribution in [0, 0.1) is 0 Å². The highest BCUT2D eigenvalue weighted by molar-refractivity contribution is 7.22. The van der Waals surface area contributed by atoms with Crippen molar-refractivity contribution in [1.29, 1.82) is 0 Å². The summed E-state index contributed by atoms with van der Waals surface area (Å²) in [6.45, 7) is 3.81. The summed E-state index contributed by atoms with van der Waals surface area (Å²) in [5, 5.41) is 17.2. The number of ether oxygens (including phenoxy) is 1. The number of hydrogen-bond donors (Lipinski definition) is 3. The first-order chi connectivity index (χ1) is 14.5. The summed E-state index contributed by atoms with van der Waals surface area (Å²) in [5.41, 5.74) is 1.20. The van der Waals surface area contributed by atoms with E-state index < -0.39 is 0 Å². The summed E-state index contributed by atoms with van der Waals surface area (Å²) >= 11 is 1.54. The van der Waals surface area contributed by atoms with Crippen LogP contribution in [0.15, 0.2) is 36.5 Å². The zero-order valence-corrected chi connectivity index (χ0v) is 17.9. The van der Waals surface area contributed by atoms with Crippen molar-refractivity contribution >= 4 is 32.6 Å². The minimum absolute atomic E-state index is 0.0372. The Hall–Kier alpha value is -2.71. The number of nitrogens with zero attached hydrogens (tertiary/aromatic N) is 2. The molecule has 0 radical (unpaired) electrons. The molecule has 2 heterocycles. The maximum absolute atomic E-state index is 12.2. The molecule has 1 fully saturated rings. The highest BCUT2D eigenvalue weighted by Crippen LogP contribution is 2.33. The van der Waals surface area contributed by atoms with Crippen molar-refractivity contribution < 1.29 is 14.6 Å². The quantitative estimate of drug-likeness (QED) is 0.543. The minimum atomic E-state index is -0.321. The number of fused-ring (bicyclic) bond motifs is 1. The average molecular weight is 427 g/mol. The summed E-state index contributed by atoms with van der Waals surface area (Å²) < 4.78 is 6.95. The molecular weight excluding hydrogens is 400 g/mol. The van der Waals surface area contributed by atoms with Gasteiger partial charge < -0.3 is 20.5 Å². The van der Waals surface area contributed by atoms with Crippen LogP contribution in [0.5, 0.6) is 11.5 Å². The number of carbonyl (C=O) groups excluding carboxylic acids is 1. The number of thiazole rings is 1.